The zero-order valence-electron chi connectivity index (χ0n) is 17.4. The maximum atomic E-state index is 13.3. The van der Waals surface area contributed by atoms with Gasteiger partial charge in [0.2, 0.25) is 5.91 Å². The van der Waals surface area contributed by atoms with Crippen LogP contribution in [0.25, 0.3) is 0 Å². The van der Waals surface area contributed by atoms with Crippen molar-refractivity contribution < 1.29 is 17.6 Å². The first-order valence-electron chi connectivity index (χ1n) is 10.4. The molecule has 1 fully saturated rings. The van der Waals surface area contributed by atoms with Crippen molar-refractivity contribution >= 4 is 27.3 Å². The van der Waals surface area contributed by atoms with Crippen LogP contribution in [0, 0.1) is 5.82 Å². The number of hydrogen-bond donors (Lipinski definition) is 2. The molecule has 0 bridgehead atoms. The highest BCUT2D eigenvalue weighted by Crippen LogP contribution is 2.23. The summed E-state index contributed by atoms with van der Waals surface area (Å²) in [6.07, 6.45) is 1.73. The Morgan fingerprint density at radius 1 is 0.969 bits per heavy atom. The number of rotatable bonds is 7. The smallest absolute Gasteiger partial charge is 0.261 e. The number of nitrogens with one attached hydrogen (secondary N) is 2. The van der Waals surface area contributed by atoms with E-state index in [1.165, 1.54) is 30.3 Å². The average Bonchev–Trinajstić information content (AvgIpc) is 3.23. The minimum Gasteiger partial charge on any atom is -0.325 e. The van der Waals surface area contributed by atoms with Gasteiger partial charge in [0.25, 0.3) is 10.0 Å². The number of carbonyl (C=O) groups excluding carboxylic acids is 1. The van der Waals surface area contributed by atoms with Crippen LogP contribution < -0.4 is 10.0 Å². The number of hydrogen-bond acceptors (Lipinski definition) is 4. The molecule has 1 atom stereocenters. The first kappa shape index (κ1) is 22.0. The van der Waals surface area contributed by atoms with E-state index in [9.17, 15) is 17.6 Å². The van der Waals surface area contributed by atoms with E-state index in [4.69, 9.17) is 0 Å². The van der Waals surface area contributed by atoms with E-state index < -0.39 is 15.8 Å². The van der Waals surface area contributed by atoms with Gasteiger partial charge in [0.05, 0.1) is 16.6 Å². The SMILES string of the molecule is O=C(Nc1ccc(S(=O)(=O)Nc2cccc(F)c2)cc1)C1CCCN1Cc1ccccc1. The van der Waals surface area contributed by atoms with Crippen LogP contribution in [0.3, 0.4) is 0 Å². The molecule has 0 spiro atoms. The number of halogens is 1. The second-order valence-corrected chi connectivity index (χ2v) is 9.43. The molecule has 166 valence electrons. The van der Waals surface area contributed by atoms with Crippen molar-refractivity contribution in [1.29, 1.82) is 0 Å². The summed E-state index contributed by atoms with van der Waals surface area (Å²) in [5.74, 6) is -0.636. The van der Waals surface area contributed by atoms with Gasteiger partial charge in [-0.25, -0.2) is 12.8 Å². The second kappa shape index (κ2) is 9.50. The Bertz CT molecular complexity index is 1180. The lowest BCUT2D eigenvalue weighted by Crippen LogP contribution is -2.39. The molecule has 1 aliphatic heterocycles. The predicted molar refractivity (Wildman–Crippen MR) is 122 cm³/mol. The standard InChI is InChI=1S/C24H24FN3O3S/c25-19-8-4-9-21(16-19)27-32(30,31)22-13-11-20(12-14-22)26-24(29)23-10-5-15-28(23)17-18-6-2-1-3-7-18/h1-4,6-9,11-14,16,23,27H,5,10,15,17H2,(H,26,29). The summed E-state index contributed by atoms with van der Waals surface area (Å²) in [6, 6.07) is 21.0. The number of likely N-dealkylation sites (tertiary alicyclic amines) is 1. The van der Waals surface area contributed by atoms with Gasteiger partial charge in [-0.2, -0.15) is 0 Å². The van der Waals surface area contributed by atoms with Crippen LogP contribution in [0.15, 0.2) is 83.8 Å². The van der Waals surface area contributed by atoms with Crippen LogP contribution in [0.1, 0.15) is 18.4 Å². The summed E-state index contributed by atoms with van der Waals surface area (Å²) < 4.78 is 40.8. The monoisotopic (exact) mass is 453 g/mol. The van der Waals surface area contributed by atoms with Crippen molar-refractivity contribution in [3.8, 4) is 0 Å². The Labute approximate surface area is 187 Å². The average molecular weight is 454 g/mol. The van der Waals surface area contributed by atoms with Gasteiger partial charge in [0.1, 0.15) is 5.82 Å². The highest BCUT2D eigenvalue weighted by Gasteiger charge is 2.30. The van der Waals surface area contributed by atoms with Crippen molar-refractivity contribution in [3.05, 3.63) is 90.2 Å². The highest BCUT2D eigenvalue weighted by molar-refractivity contribution is 7.92. The highest BCUT2D eigenvalue weighted by atomic mass is 32.2. The molecule has 4 rings (SSSR count). The minimum absolute atomic E-state index is 0.0198. The number of benzene rings is 3. The van der Waals surface area contributed by atoms with Gasteiger partial charge in [0.15, 0.2) is 0 Å². The molecular weight excluding hydrogens is 429 g/mol. The molecular formula is C24H24FN3O3S. The zero-order valence-corrected chi connectivity index (χ0v) is 18.2. The minimum atomic E-state index is -3.87. The van der Waals surface area contributed by atoms with E-state index in [2.05, 4.69) is 14.9 Å². The molecule has 1 unspecified atom stereocenters. The molecule has 8 heteroatoms. The molecule has 1 heterocycles. The third-order valence-corrected chi connectivity index (χ3v) is 6.80. The van der Waals surface area contributed by atoms with Crippen molar-refractivity contribution in [2.75, 3.05) is 16.6 Å². The number of amides is 1. The lowest BCUT2D eigenvalue weighted by atomic mass is 10.1. The number of carbonyl (C=O) groups is 1. The molecule has 0 aromatic heterocycles. The molecule has 3 aromatic carbocycles. The summed E-state index contributed by atoms with van der Waals surface area (Å²) in [5.41, 5.74) is 1.82. The number of sulfonamides is 1. The topological polar surface area (TPSA) is 78.5 Å². The molecule has 6 nitrogen and oxygen atoms in total. The van der Waals surface area contributed by atoms with E-state index in [0.29, 0.717) is 12.2 Å². The Balaban J connectivity index is 1.40. The van der Waals surface area contributed by atoms with Crippen LogP contribution in [0.2, 0.25) is 0 Å². The van der Waals surface area contributed by atoms with Gasteiger partial charge in [-0.3, -0.25) is 14.4 Å². The van der Waals surface area contributed by atoms with E-state index in [-0.39, 0.29) is 22.5 Å². The van der Waals surface area contributed by atoms with Gasteiger partial charge in [-0.15, -0.1) is 0 Å². The quantitative estimate of drug-likeness (QED) is 0.561. The van der Waals surface area contributed by atoms with E-state index in [0.717, 1.165) is 31.0 Å². The Morgan fingerprint density at radius 2 is 1.72 bits per heavy atom. The van der Waals surface area contributed by atoms with E-state index in [1.807, 2.05) is 30.3 Å². The molecule has 0 radical (unpaired) electrons. The Hall–Kier alpha value is -3.23. The molecule has 32 heavy (non-hydrogen) atoms. The van der Waals surface area contributed by atoms with E-state index >= 15 is 0 Å². The Kier molecular flexibility index (Phi) is 6.53. The maximum Gasteiger partial charge on any atom is 0.261 e. The molecule has 1 saturated heterocycles. The summed E-state index contributed by atoms with van der Waals surface area (Å²) in [4.78, 5) is 15.0. The molecule has 1 aliphatic rings. The largest absolute Gasteiger partial charge is 0.325 e. The van der Waals surface area contributed by atoms with Crippen molar-refractivity contribution in [1.82, 2.24) is 4.90 Å². The first-order chi connectivity index (χ1) is 15.4. The predicted octanol–water partition coefficient (Wildman–Crippen LogP) is 4.23. The molecule has 0 aliphatic carbocycles. The van der Waals surface area contributed by atoms with Crippen molar-refractivity contribution in [2.24, 2.45) is 0 Å². The van der Waals surface area contributed by atoms with Crippen LogP contribution in [0.4, 0.5) is 15.8 Å². The van der Waals surface area contributed by atoms with Crippen LogP contribution in [-0.2, 0) is 21.4 Å². The van der Waals surface area contributed by atoms with Gasteiger partial charge in [0, 0.05) is 12.2 Å². The number of nitrogens with zero attached hydrogens (tertiary/aromatic N) is 1. The summed E-state index contributed by atoms with van der Waals surface area (Å²) in [5, 5.41) is 2.89. The summed E-state index contributed by atoms with van der Waals surface area (Å²) >= 11 is 0. The number of anilines is 2. The third-order valence-electron chi connectivity index (χ3n) is 5.40. The molecule has 0 saturated carbocycles. The first-order valence-corrected chi connectivity index (χ1v) is 11.9. The van der Waals surface area contributed by atoms with E-state index in [1.54, 1.807) is 12.1 Å². The lowest BCUT2D eigenvalue weighted by Gasteiger charge is -2.23. The fourth-order valence-electron chi connectivity index (χ4n) is 3.84. The van der Waals surface area contributed by atoms with Crippen LogP contribution in [0.5, 0.6) is 0 Å². The second-order valence-electron chi connectivity index (χ2n) is 7.74. The van der Waals surface area contributed by atoms with Gasteiger partial charge >= 0.3 is 0 Å². The lowest BCUT2D eigenvalue weighted by molar-refractivity contribution is -0.120. The maximum absolute atomic E-state index is 13.3. The van der Waals surface area contributed by atoms with Gasteiger partial charge < -0.3 is 5.32 Å². The Morgan fingerprint density at radius 3 is 2.44 bits per heavy atom. The van der Waals surface area contributed by atoms with Crippen molar-refractivity contribution in [2.45, 2.75) is 30.3 Å². The fourth-order valence-corrected chi connectivity index (χ4v) is 4.89. The summed E-state index contributed by atoms with van der Waals surface area (Å²) in [7, 11) is -3.87. The molecule has 3 aromatic rings. The molecule has 2 N–H and O–H groups in total. The normalized spacial score (nSPS) is 16.6. The van der Waals surface area contributed by atoms with Gasteiger partial charge in [-0.1, -0.05) is 36.4 Å². The fraction of sp³-hybridized carbons (Fsp3) is 0.208. The summed E-state index contributed by atoms with van der Waals surface area (Å²) in [6.45, 7) is 1.57. The van der Waals surface area contributed by atoms with Crippen LogP contribution in [-0.4, -0.2) is 31.8 Å². The zero-order chi connectivity index (χ0) is 22.6. The molecule has 1 amide bonds. The van der Waals surface area contributed by atoms with Crippen LogP contribution >= 0.6 is 0 Å². The van der Waals surface area contributed by atoms with Gasteiger partial charge in [-0.05, 0) is 67.4 Å². The van der Waals surface area contributed by atoms with Crippen molar-refractivity contribution in [3.63, 3.8) is 0 Å². The third kappa shape index (κ3) is 5.33.